The van der Waals surface area contributed by atoms with Crippen molar-refractivity contribution in [1.82, 2.24) is 10.3 Å². The molecule has 112 valence electrons. The van der Waals surface area contributed by atoms with E-state index in [0.29, 0.717) is 16.1 Å². The summed E-state index contributed by atoms with van der Waals surface area (Å²) in [5.41, 5.74) is 2.01. The maximum atomic E-state index is 13.2. The molecule has 0 aliphatic carbocycles. The summed E-state index contributed by atoms with van der Waals surface area (Å²) in [6, 6.07) is 8.45. The van der Waals surface area contributed by atoms with Gasteiger partial charge in [-0.3, -0.25) is 0 Å². The van der Waals surface area contributed by atoms with Gasteiger partial charge in [0.15, 0.2) is 0 Å². The predicted octanol–water partition coefficient (Wildman–Crippen LogP) is 4.58. The Bertz CT molecular complexity index is 619. The summed E-state index contributed by atoms with van der Waals surface area (Å²) in [7, 11) is 0. The molecular weight excluding hydrogens is 335 g/mol. The minimum atomic E-state index is -0.316. The van der Waals surface area contributed by atoms with Crippen molar-refractivity contribution in [1.29, 1.82) is 0 Å². The predicted molar refractivity (Wildman–Crippen MR) is 85.1 cm³/mol. The molecule has 1 N–H and O–H groups in total. The summed E-state index contributed by atoms with van der Waals surface area (Å²) in [6.45, 7) is 5.81. The number of halogens is 2. The van der Waals surface area contributed by atoms with Gasteiger partial charge in [-0.05, 0) is 65.6 Å². The summed E-state index contributed by atoms with van der Waals surface area (Å²) in [4.78, 5) is 4.35. The Kier molecular flexibility index (Phi) is 5.70. The standard InChI is InChI=1S/C16H18BrFN2O/c1-3-6-19-10-12-7-11(2)20-16(8-12)21-13-4-5-15(18)14(17)9-13/h4-5,7-9,19H,3,6,10H2,1-2H3. The van der Waals surface area contributed by atoms with Crippen LogP contribution in [0.25, 0.3) is 0 Å². The molecule has 0 bridgehead atoms. The van der Waals surface area contributed by atoms with Crippen molar-refractivity contribution in [2.24, 2.45) is 0 Å². The SMILES string of the molecule is CCCNCc1cc(C)nc(Oc2ccc(F)c(Br)c2)c1. The maximum Gasteiger partial charge on any atom is 0.219 e. The highest BCUT2D eigenvalue weighted by Gasteiger charge is 2.05. The van der Waals surface area contributed by atoms with Gasteiger partial charge in [0.25, 0.3) is 0 Å². The molecule has 0 spiro atoms. The molecule has 5 heteroatoms. The number of hydrogen-bond donors (Lipinski definition) is 1. The number of nitrogens with one attached hydrogen (secondary N) is 1. The fraction of sp³-hybridized carbons (Fsp3) is 0.312. The van der Waals surface area contributed by atoms with Crippen LogP contribution in [0.1, 0.15) is 24.6 Å². The first-order valence-electron chi connectivity index (χ1n) is 6.89. The van der Waals surface area contributed by atoms with Crippen LogP contribution in [0.5, 0.6) is 11.6 Å². The molecule has 1 heterocycles. The summed E-state index contributed by atoms with van der Waals surface area (Å²) < 4.78 is 19.3. The zero-order valence-electron chi connectivity index (χ0n) is 12.1. The third-order valence-corrected chi connectivity index (χ3v) is 3.47. The number of nitrogens with zero attached hydrogens (tertiary/aromatic N) is 1. The Morgan fingerprint density at radius 2 is 2.10 bits per heavy atom. The second-order valence-corrected chi connectivity index (χ2v) is 5.66. The largest absolute Gasteiger partial charge is 0.439 e. The summed E-state index contributed by atoms with van der Waals surface area (Å²) in [5.74, 6) is 0.750. The molecule has 0 saturated carbocycles. The first-order valence-corrected chi connectivity index (χ1v) is 7.69. The lowest BCUT2D eigenvalue weighted by Gasteiger charge is -2.09. The van der Waals surface area contributed by atoms with Crippen LogP contribution < -0.4 is 10.1 Å². The third-order valence-electron chi connectivity index (χ3n) is 2.86. The van der Waals surface area contributed by atoms with E-state index in [9.17, 15) is 4.39 Å². The minimum absolute atomic E-state index is 0.316. The maximum absolute atomic E-state index is 13.2. The smallest absolute Gasteiger partial charge is 0.219 e. The number of pyridine rings is 1. The van der Waals surface area contributed by atoms with Gasteiger partial charge in [0, 0.05) is 18.3 Å². The number of aryl methyl sites for hydroxylation is 1. The van der Waals surface area contributed by atoms with Gasteiger partial charge in [-0.1, -0.05) is 6.92 Å². The molecule has 0 aliphatic rings. The Labute approximate surface area is 132 Å². The van der Waals surface area contributed by atoms with E-state index in [-0.39, 0.29) is 5.82 Å². The van der Waals surface area contributed by atoms with Crippen LogP contribution in [0.4, 0.5) is 4.39 Å². The van der Waals surface area contributed by atoms with Gasteiger partial charge in [0.1, 0.15) is 11.6 Å². The quantitative estimate of drug-likeness (QED) is 0.772. The van der Waals surface area contributed by atoms with Crippen molar-refractivity contribution in [3.05, 3.63) is 51.9 Å². The minimum Gasteiger partial charge on any atom is -0.439 e. The lowest BCUT2D eigenvalue weighted by molar-refractivity contribution is 0.458. The first-order chi connectivity index (χ1) is 10.1. The van der Waals surface area contributed by atoms with Gasteiger partial charge in [0.05, 0.1) is 4.47 Å². The summed E-state index contributed by atoms with van der Waals surface area (Å²) in [5, 5.41) is 3.35. The number of benzene rings is 1. The molecule has 1 aromatic carbocycles. The van der Waals surface area contributed by atoms with Gasteiger partial charge in [0.2, 0.25) is 5.88 Å². The van der Waals surface area contributed by atoms with E-state index in [1.807, 2.05) is 19.1 Å². The van der Waals surface area contributed by atoms with E-state index in [1.165, 1.54) is 6.07 Å². The van der Waals surface area contributed by atoms with Gasteiger partial charge >= 0.3 is 0 Å². The molecule has 1 aromatic heterocycles. The average Bonchev–Trinajstić information content (AvgIpc) is 2.43. The van der Waals surface area contributed by atoms with E-state index in [1.54, 1.807) is 12.1 Å². The molecule has 21 heavy (non-hydrogen) atoms. The molecule has 2 aromatic rings. The number of hydrogen-bond acceptors (Lipinski definition) is 3. The highest BCUT2D eigenvalue weighted by molar-refractivity contribution is 9.10. The molecular formula is C16H18BrFN2O. The van der Waals surface area contributed by atoms with Crippen LogP contribution in [0.2, 0.25) is 0 Å². The molecule has 0 radical (unpaired) electrons. The molecule has 2 rings (SSSR count). The second-order valence-electron chi connectivity index (χ2n) is 4.81. The molecule has 3 nitrogen and oxygen atoms in total. The van der Waals surface area contributed by atoms with E-state index >= 15 is 0 Å². The number of aromatic nitrogens is 1. The summed E-state index contributed by atoms with van der Waals surface area (Å²) >= 11 is 3.15. The van der Waals surface area contributed by atoms with Crippen LogP contribution in [0, 0.1) is 12.7 Å². The van der Waals surface area contributed by atoms with E-state index in [0.717, 1.165) is 30.8 Å². The van der Waals surface area contributed by atoms with Crippen LogP contribution in [0.15, 0.2) is 34.8 Å². The fourth-order valence-corrected chi connectivity index (χ4v) is 2.29. The van der Waals surface area contributed by atoms with Gasteiger partial charge in [-0.25, -0.2) is 9.37 Å². The van der Waals surface area contributed by atoms with Crippen LogP contribution in [-0.2, 0) is 6.54 Å². The Balaban J connectivity index is 2.13. The van der Waals surface area contributed by atoms with Crippen LogP contribution in [-0.4, -0.2) is 11.5 Å². The topological polar surface area (TPSA) is 34.2 Å². The highest BCUT2D eigenvalue weighted by Crippen LogP contribution is 2.26. The van der Waals surface area contributed by atoms with Crippen molar-refractivity contribution in [2.75, 3.05) is 6.54 Å². The van der Waals surface area contributed by atoms with Crippen molar-refractivity contribution in [2.45, 2.75) is 26.8 Å². The fourth-order valence-electron chi connectivity index (χ4n) is 1.93. The van der Waals surface area contributed by atoms with Crippen LogP contribution >= 0.6 is 15.9 Å². The third kappa shape index (κ3) is 4.79. The number of ether oxygens (including phenoxy) is 1. The highest BCUT2D eigenvalue weighted by atomic mass is 79.9. The molecule has 0 fully saturated rings. The average molecular weight is 353 g/mol. The molecule has 0 aliphatic heterocycles. The Morgan fingerprint density at radius 1 is 1.29 bits per heavy atom. The van der Waals surface area contributed by atoms with Gasteiger partial charge in [-0.15, -0.1) is 0 Å². The van der Waals surface area contributed by atoms with Gasteiger partial charge < -0.3 is 10.1 Å². The molecule has 0 amide bonds. The summed E-state index contributed by atoms with van der Waals surface area (Å²) in [6.07, 6.45) is 1.09. The van der Waals surface area contributed by atoms with Gasteiger partial charge in [-0.2, -0.15) is 0 Å². The Morgan fingerprint density at radius 3 is 2.81 bits per heavy atom. The van der Waals surface area contributed by atoms with E-state index < -0.39 is 0 Å². The van der Waals surface area contributed by atoms with Crippen molar-refractivity contribution < 1.29 is 9.13 Å². The second kappa shape index (κ2) is 7.52. The lowest BCUT2D eigenvalue weighted by atomic mass is 10.2. The lowest BCUT2D eigenvalue weighted by Crippen LogP contribution is -2.14. The van der Waals surface area contributed by atoms with E-state index in [2.05, 4.69) is 33.2 Å². The first kappa shape index (κ1) is 15.9. The van der Waals surface area contributed by atoms with Crippen molar-refractivity contribution >= 4 is 15.9 Å². The molecule has 0 atom stereocenters. The zero-order valence-corrected chi connectivity index (χ0v) is 13.7. The van der Waals surface area contributed by atoms with Crippen LogP contribution in [0.3, 0.4) is 0 Å². The van der Waals surface area contributed by atoms with E-state index in [4.69, 9.17) is 4.74 Å². The van der Waals surface area contributed by atoms with Crippen molar-refractivity contribution in [3.8, 4) is 11.6 Å². The normalized spacial score (nSPS) is 10.7. The monoisotopic (exact) mass is 352 g/mol. The molecule has 0 unspecified atom stereocenters. The molecule has 0 saturated heterocycles. The zero-order chi connectivity index (χ0) is 15.2. The Hall–Kier alpha value is -1.46. The van der Waals surface area contributed by atoms with Crippen molar-refractivity contribution in [3.63, 3.8) is 0 Å². The number of rotatable bonds is 6.